The van der Waals surface area contributed by atoms with Crippen molar-refractivity contribution >= 4 is 0 Å². The standard InChI is InChI=1S/C27H36N2O2/c30-18-17-28-13-15-29(16-14-28)20-22-3-7-24(8-4-22)25-9-5-23(6-10-25)21-31-26-19-27(26)11-1-2-12-27/h3-10,26,30H,1-2,11-21H2. The second-order valence-corrected chi connectivity index (χ2v) is 9.81. The maximum atomic E-state index is 9.08. The molecule has 166 valence electrons. The van der Waals surface area contributed by atoms with Crippen LogP contribution in [0.4, 0.5) is 0 Å². The Kier molecular flexibility index (Phi) is 6.42. The SMILES string of the molecule is OCCN1CCN(Cc2ccc(-c3ccc(COC4CC45CCCC5)cc3)cc2)CC1. The topological polar surface area (TPSA) is 35.9 Å². The molecular formula is C27H36N2O2. The lowest BCUT2D eigenvalue weighted by Crippen LogP contribution is -2.46. The van der Waals surface area contributed by atoms with E-state index in [1.165, 1.54) is 54.4 Å². The Labute approximate surface area is 186 Å². The van der Waals surface area contributed by atoms with Crippen LogP contribution in [-0.4, -0.2) is 60.3 Å². The summed E-state index contributed by atoms with van der Waals surface area (Å²) < 4.78 is 6.21. The fourth-order valence-electron chi connectivity index (χ4n) is 5.51. The first kappa shape index (κ1) is 21.1. The van der Waals surface area contributed by atoms with Gasteiger partial charge >= 0.3 is 0 Å². The van der Waals surface area contributed by atoms with Crippen LogP contribution in [0.2, 0.25) is 0 Å². The van der Waals surface area contributed by atoms with Crippen LogP contribution in [-0.2, 0) is 17.9 Å². The van der Waals surface area contributed by atoms with E-state index in [1.54, 1.807) is 0 Å². The second-order valence-electron chi connectivity index (χ2n) is 9.81. The number of benzene rings is 2. The van der Waals surface area contributed by atoms with E-state index in [1.807, 2.05) is 0 Å². The van der Waals surface area contributed by atoms with Crippen LogP contribution in [0.15, 0.2) is 48.5 Å². The highest BCUT2D eigenvalue weighted by Crippen LogP contribution is 2.59. The molecule has 0 aromatic heterocycles. The van der Waals surface area contributed by atoms with Gasteiger partial charge in [0.1, 0.15) is 0 Å². The Bertz CT molecular complexity index is 835. The molecule has 0 amide bonds. The minimum Gasteiger partial charge on any atom is -0.395 e. The molecule has 0 bridgehead atoms. The number of nitrogens with zero attached hydrogens (tertiary/aromatic N) is 2. The molecule has 1 saturated heterocycles. The Morgan fingerprint density at radius 1 is 0.806 bits per heavy atom. The largest absolute Gasteiger partial charge is 0.395 e. The molecule has 1 aliphatic heterocycles. The van der Waals surface area contributed by atoms with E-state index < -0.39 is 0 Å². The van der Waals surface area contributed by atoms with Gasteiger partial charge in [0.05, 0.1) is 19.3 Å². The van der Waals surface area contributed by atoms with Crippen LogP contribution in [0.3, 0.4) is 0 Å². The number of β-amino-alcohol motifs (C(OH)–C–C–N with tert-alkyl or cyclic N) is 1. The van der Waals surface area contributed by atoms with Crippen molar-refractivity contribution in [3.63, 3.8) is 0 Å². The summed E-state index contributed by atoms with van der Waals surface area (Å²) >= 11 is 0. The number of aliphatic hydroxyl groups excluding tert-OH is 1. The Hall–Kier alpha value is -1.72. The molecule has 2 saturated carbocycles. The van der Waals surface area contributed by atoms with Gasteiger partial charge in [-0.3, -0.25) is 9.80 Å². The average molecular weight is 421 g/mol. The highest BCUT2D eigenvalue weighted by Gasteiger charge is 2.55. The summed E-state index contributed by atoms with van der Waals surface area (Å²) in [7, 11) is 0. The van der Waals surface area contributed by atoms with Crippen molar-refractivity contribution in [1.82, 2.24) is 9.80 Å². The summed E-state index contributed by atoms with van der Waals surface area (Å²) in [5, 5.41) is 9.08. The molecule has 31 heavy (non-hydrogen) atoms. The van der Waals surface area contributed by atoms with Crippen LogP contribution in [0.25, 0.3) is 11.1 Å². The van der Waals surface area contributed by atoms with Crippen molar-refractivity contribution in [2.75, 3.05) is 39.3 Å². The van der Waals surface area contributed by atoms with Crippen molar-refractivity contribution in [1.29, 1.82) is 0 Å². The molecule has 4 nitrogen and oxygen atoms in total. The highest BCUT2D eigenvalue weighted by atomic mass is 16.5. The van der Waals surface area contributed by atoms with Crippen LogP contribution < -0.4 is 0 Å². The van der Waals surface area contributed by atoms with Gasteiger partial charge in [0.15, 0.2) is 0 Å². The van der Waals surface area contributed by atoms with Crippen LogP contribution in [0.1, 0.15) is 43.2 Å². The van der Waals surface area contributed by atoms with Gasteiger partial charge < -0.3 is 9.84 Å². The lowest BCUT2D eigenvalue weighted by atomic mass is 10.0. The van der Waals surface area contributed by atoms with E-state index in [2.05, 4.69) is 58.3 Å². The zero-order valence-corrected chi connectivity index (χ0v) is 18.6. The summed E-state index contributed by atoms with van der Waals surface area (Å²) in [5.41, 5.74) is 5.76. The van der Waals surface area contributed by atoms with Gasteiger partial charge in [0.2, 0.25) is 0 Å². The summed E-state index contributed by atoms with van der Waals surface area (Å²) in [6.07, 6.45) is 7.36. The van der Waals surface area contributed by atoms with Crippen molar-refractivity contribution in [3.05, 3.63) is 59.7 Å². The summed E-state index contributed by atoms with van der Waals surface area (Å²) in [4.78, 5) is 4.85. The van der Waals surface area contributed by atoms with Crippen molar-refractivity contribution < 1.29 is 9.84 Å². The molecule has 3 aliphatic rings. The van der Waals surface area contributed by atoms with Gasteiger partial charge in [0, 0.05) is 39.3 Å². The molecule has 1 spiro atoms. The molecule has 5 rings (SSSR count). The molecule has 0 radical (unpaired) electrons. The molecule has 1 unspecified atom stereocenters. The van der Waals surface area contributed by atoms with Gasteiger partial charge in [-0.05, 0) is 46.9 Å². The van der Waals surface area contributed by atoms with E-state index in [4.69, 9.17) is 9.84 Å². The lowest BCUT2D eigenvalue weighted by Gasteiger charge is -2.34. The number of piperazine rings is 1. The van der Waals surface area contributed by atoms with E-state index in [9.17, 15) is 0 Å². The quantitative estimate of drug-likeness (QED) is 0.690. The summed E-state index contributed by atoms with van der Waals surface area (Å²) in [5.74, 6) is 0. The predicted octanol–water partition coefficient (Wildman–Crippen LogP) is 4.31. The smallest absolute Gasteiger partial charge is 0.0720 e. The van der Waals surface area contributed by atoms with Crippen LogP contribution in [0.5, 0.6) is 0 Å². The molecule has 3 fully saturated rings. The van der Waals surface area contributed by atoms with Crippen molar-refractivity contribution in [2.24, 2.45) is 5.41 Å². The van der Waals surface area contributed by atoms with Gasteiger partial charge in [-0.1, -0.05) is 61.4 Å². The first-order valence-corrected chi connectivity index (χ1v) is 12.1. The zero-order chi connectivity index (χ0) is 21.1. The van der Waals surface area contributed by atoms with Gasteiger partial charge in [0.25, 0.3) is 0 Å². The molecule has 2 aromatic rings. The molecule has 4 heteroatoms. The number of aliphatic hydroxyl groups is 1. The third-order valence-corrected chi connectivity index (χ3v) is 7.69. The number of hydrogen-bond acceptors (Lipinski definition) is 4. The van der Waals surface area contributed by atoms with E-state index in [0.29, 0.717) is 11.5 Å². The number of rotatable bonds is 8. The van der Waals surface area contributed by atoms with Gasteiger partial charge in [-0.15, -0.1) is 0 Å². The van der Waals surface area contributed by atoms with Crippen LogP contribution >= 0.6 is 0 Å². The molecule has 2 aromatic carbocycles. The molecule has 1 heterocycles. The maximum Gasteiger partial charge on any atom is 0.0720 e. The second kappa shape index (κ2) is 9.41. The molecule has 1 atom stereocenters. The van der Waals surface area contributed by atoms with E-state index >= 15 is 0 Å². The Morgan fingerprint density at radius 2 is 1.39 bits per heavy atom. The summed E-state index contributed by atoms with van der Waals surface area (Å²) in [6.45, 7) is 7.07. The third-order valence-electron chi connectivity index (χ3n) is 7.69. The minimum atomic E-state index is 0.261. The van der Waals surface area contributed by atoms with Gasteiger partial charge in [-0.25, -0.2) is 0 Å². The van der Waals surface area contributed by atoms with Crippen molar-refractivity contribution in [2.45, 2.75) is 51.4 Å². The van der Waals surface area contributed by atoms with E-state index in [-0.39, 0.29) is 6.61 Å². The molecule has 2 aliphatic carbocycles. The van der Waals surface area contributed by atoms with E-state index in [0.717, 1.165) is 45.9 Å². The fourth-order valence-corrected chi connectivity index (χ4v) is 5.51. The minimum absolute atomic E-state index is 0.261. The van der Waals surface area contributed by atoms with Crippen LogP contribution in [0, 0.1) is 5.41 Å². The Balaban J connectivity index is 1.10. The first-order chi connectivity index (χ1) is 15.2. The molecular weight excluding hydrogens is 384 g/mol. The molecule has 1 N–H and O–H groups in total. The average Bonchev–Trinajstić information content (AvgIpc) is 3.26. The number of ether oxygens (including phenoxy) is 1. The van der Waals surface area contributed by atoms with Gasteiger partial charge in [-0.2, -0.15) is 0 Å². The zero-order valence-electron chi connectivity index (χ0n) is 18.6. The normalized spacial score (nSPS) is 23.5. The first-order valence-electron chi connectivity index (χ1n) is 12.1. The van der Waals surface area contributed by atoms with Crippen molar-refractivity contribution in [3.8, 4) is 11.1 Å². The monoisotopic (exact) mass is 420 g/mol. The predicted molar refractivity (Wildman–Crippen MR) is 125 cm³/mol. The maximum absolute atomic E-state index is 9.08. The Morgan fingerprint density at radius 3 is 2.00 bits per heavy atom. The number of hydrogen-bond donors (Lipinski definition) is 1. The summed E-state index contributed by atoms with van der Waals surface area (Å²) in [6, 6.07) is 17.9. The third kappa shape index (κ3) is 5.04. The fraction of sp³-hybridized carbons (Fsp3) is 0.556. The highest BCUT2D eigenvalue weighted by molar-refractivity contribution is 5.63. The lowest BCUT2D eigenvalue weighted by molar-refractivity contribution is 0.0776.